The van der Waals surface area contributed by atoms with Gasteiger partial charge in [0.2, 0.25) is 17.1 Å². The summed E-state index contributed by atoms with van der Waals surface area (Å²) in [5, 5.41) is 12.4. The molecule has 3 aromatic carbocycles. The van der Waals surface area contributed by atoms with Crippen LogP contribution in [0.25, 0.3) is 17.0 Å². The minimum Gasteiger partial charge on any atom is -0.493 e. The van der Waals surface area contributed by atoms with Gasteiger partial charge in [-0.2, -0.15) is 0 Å². The minimum absolute atomic E-state index is 0.0536. The number of piperazine rings is 1. The largest absolute Gasteiger partial charge is 0.493 e. The molecule has 0 atom stereocenters. The maximum Gasteiger partial charge on any atom is 0.341 e. The molecule has 13 heteroatoms. The summed E-state index contributed by atoms with van der Waals surface area (Å²) in [5.41, 5.74) is 1.47. The molecule has 1 amide bonds. The minimum atomic E-state index is -1.33. The van der Waals surface area contributed by atoms with Gasteiger partial charge in [-0.1, -0.05) is 6.08 Å². The van der Waals surface area contributed by atoms with Crippen LogP contribution in [0.5, 0.6) is 17.2 Å². The van der Waals surface area contributed by atoms with Gasteiger partial charge in [0.15, 0.2) is 17.3 Å². The van der Waals surface area contributed by atoms with Crippen molar-refractivity contribution in [2.45, 2.75) is 18.9 Å². The fourth-order valence-electron chi connectivity index (χ4n) is 6.14. The molecule has 50 heavy (non-hydrogen) atoms. The molecule has 2 N–H and O–H groups in total. The van der Waals surface area contributed by atoms with E-state index in [1.165, 1.54) is 33.6 Å². The smallest absolute Gasteiger partial charge is 0.341 e. The molecule has 2 heterocycles. The van der Waals surface area contributed by atoms with E-state index in [9.17, 15) is 24.3 Å². The number of amides is 1. The first-order valence-corrected chi connectivity index (χ1v) is 16.1. The number of carbonyl (C=O) groups is 3. The standard InChI is InChI=1S/C37H37FN4O8/c1-48-32-16-22(17-33(49-2)36(32)50-3)4-11-31(43)23-5-7-24(8-6-23)39-34(44)21-40-12-14-41(15-13-40)30-19-29-26(18-28(30)38)35(45)27(37(46)47)20-42(29)25-9-10-25/h4-8,11,16-20,25H,9-10,12-15,21H2,1-3H3,(H,39,44)(H,46,47)/b11-4+. The van der Waals surface area contributed by atoms with Crippen molar-refractivity contribution in [2.24, 2.45) is 0 Å². The first-order valence-electron chi connectivity index (χ1n) is 16.1. The van der Waals surface area contributed by atoms with Gasteiger partial charge < -0.3 is 34.1 Å². The first kappa shape index (κ1) is 34.2. The van der Waals surface area contributed by atoms with E-state index in [0.29, 0.717) is 71.4 Å². The summed E-state index contributed by atoms with van der Waals surface area (Å²) in [6.07, 6.45) is 6.19. The average Bonchev–Trinajstić information content (AvgIpc) is 3.96. The van der Waals surface area contributed by atoms with Crippen LogP contribution < -0.4 is 29.9 Å². The summed E-state index contributed by atoms with van der Waals surface area (Å²) >= 11 is 0. The Kier molecular flexibility index (Phi) is 9.86. The van der Waals surface area contributed by atoms with Crippen LogP contribution in [-0.2, 0) is 4.79 Å². The number of nitrogens with one attached hydrogen (secondary N) is 1. The van der Waals surface area contributed by atoms with Gasteiger partial charge in [-0.25, -0.2) is 9.18 Å². The summed E-state index contributed by atoms with van der Waals surface area (Å²) in [6.45, 7) is 2.05. The summed E-state index contributed by atoms with van der Waals surface area (Å²) < 4.78 is 33.2. The molecule has 0 radical (unpaired) electrons. The SMILES string of the molecule is COc1cc(/C=C/C(=O)c2ccc(NC(=O)CN3CCN(c4cc5c(cc4F)c(=O)c(C(=O)O)cn5C4CC4)CC3)cc2)cc(OC)c1OC. The first-order chi connectivity index (χ1) is 24.1. The molecule has 1 saturated carbocycles. The molecule has 0 unspecified atom stereocenters. The number of carbonyl (C=O) groups excluding carboxylic acids is 2. The number of halogens is 1. The number of benzene rings is 3. The zero-order valence-electron chi connectivity index (χ0n) is 27.9. The Bertz CT molecular complexity index is 2020. The quantitative estimate of drug-likeness (QED) is 0.157. The van der Waals surface area contributed by atoms with Crippen LogP contribution in [0.15, 0.2) is 65.6 Å². The Hall–Kier alpha value is -5.69. The van der Waals surface area contributed by atoms with Crippen molar-refractivity contribution in [1.29, 1.82) is 0 Å². The number of hydrogen-bond acceptors (Lipinski definition) is 9. The molecule has 4 aromatic rings. The van der Waals surface area contributed by atoms with Crippen molar-refractivity contribution in [3.63, 3.8) is 0 Å². The maximum atomic E-state index is 15.3. The number of nitrogens with zero attached hydrogens (tertiary/aromatic N) is 3. The van der Waals surface area contributed by atoms with Gasteiger partial charge in [0, 0.05) is 55.1 Å². The van der Waals surface area contributed by atoms with Gasteiger partial charge >= 0.3 is 5.97 Å². The molecule has 2 fully saturated rings. The molecule has 2 aliphatic rings. The number of ether oxygens (including phenoxy) is 3. The van der Waals surface area contributed by atoms with E-state index in [1.807, 2.05) is 9.80 Å². The molecule has 12 nitrogen and oxygen atoms in total. The van der Waals surface area contributed by atoms with Crippen LogP contribution in [0.1, 0.15) is 45.2 Å². The lowest BCUT2D eigenvalue weighted by atomic mass is 10.1. The summed E-state index contributed by atoms with van der Waals surface area (Å²) in [4.78, 5) is 54.0. The number of carboxylic acid groups (broad SMARTS) is 1. The molecule has 0 spiro atoms. The maximum absolute atomic E-state index is 15.3. The second-order valence-electron chi connectivity index (χ2n) is 12.2. The van der Waals surface area contributed by atoms with Crippen LogP contribution in [0.4, 0.5) is 15.8 Å². The molecule has 1 aromatic heterocycles. The predicted molar refractivity (Wildman–Crippen MR) is 187 cm³/mol. The Morgan fingerprint density at radius 3 is 2.18 bits per heavy atom. The third-order valence-electron chi connectivity index (χ3n) is 8.92. The Balaban J connectivity index is 1.04. The number of methoxy groups -OCH3 is 3. The van der Waals surface area contributed by atoms with Gasteiger partial charge in [0.05, 0.1) is 39.1 Å². The van der Waals surface area contributed by atoms with Crippen molar-refractivity contribution in [1.82, 2.24) is 9.47 Å². The van der Waals surface area contributed by atoms with E-state index < -0.39 is 17.2 Å². The third kappa shape index (κ3) is 7.18. The molecule has 260 valence electrons. The number of anilines is 2. The average molecular weight is 685 g/mol. The topological polar surface area (TPSA) is 140 Å². The number of carboxylic acids is 1. The molecular formula is C37H37FN4O8. The lowest BCUT2D eigenvalue weighted by molar-refractivity contribution is -0.117. The summed E-state index contributed by atoms with van der Waals surface area (Å²) in [7, 11) is 4.55. The Labute approximate surface area is 287 Å². The number of aromatic carboxylic acids is 1. The molecule has 0 bridgehead atoms. The number of allylic oxidation sites excluding steroid dienone is 1. The summed E-state index contributed by atoms with van der Waals surface area (Å²) in [6, 6.07) is 12.9. The zero-order chi connectivity index (χ0) is 35.5. The second-order valence-corrected chi connectivity index (χ2v) is 12.2. The van der Waals surface area contributed by atoms with Crippen LogP contribution in [0, 0.1) is 5.82 Å². The van der Waals surface area contributed by atoms with E-state index in [1.54, 1.807) is 53.1 Å². The van der Waals surface area contributed by atoms with E-state index in [0.717, 1.165) is 18.9 Å². The van der Waals surface area contributed by atoms with Crippen LogP contribution in [0.2, 0.25) is 0 Å². The number of pyridine rings is 1. The number of fused-ring (bicyclic) bond motifs is 1. The lowest BCUT2D eigenvalue weighted by Gasteiger charge is -2.36. The van der Waals surface area contributed by atoms with E-state index >= 15 is 4.39 Å². The van der Waals surface area contributed by atoms with Gasteiger partial charge in [-0.15, -0.1) is 0 Å². The highest BCUT2D eigenvalue weighted by Gasteiger charge is 2.29. The molecule has 1 aliphatic heterocycles. The highest BCUT2D eigenvalue weighted by Crippen LogP contribution is 2.39. The van der Waals surface area contributed by atoms with Gasteiger partial charge in [0.1, 0.15) is 11.4 Å². The fraction of sp³-hybridized carbons (Fsp3) is 0.297. The molecule has 1 aliphatic carbocycles. The van der Waals surface area contributed by atoms with Gasteiger partial charge in [-0.3, -0.25) is 19.3 Å². The van der Waals surface area contributed by atoms with Crippen molar-refractivity contribution in [3.05, 3.63) is 93.5 Å². The van der Waals surface area contributed by atoms with Gasteiger partial charge in [0.25, 0.3) is 0 Å². The van der Waals surface area contributed by atoms with Gasteiger partial charge in [-0.05, 0) is 73.0 Å². The van der Waals surface area contributed by atoms with Crippen molar-refractivity contribution in [2.75, 3.05) is 64.3 Å². The zero-order valence-corrected chi connectivity index (χ0v) is 27.9. The molecule has 6 rings (SSSR count). The van der Waals surface area contributed by atoms with E-state index in [4.69, 9.17) is 14.2 Å². The van der Waals surface area contributed by atoms with Crippen LogP contribution in [0.3, 0.4) is 0 Å². The van der Waals surface area contributed by atoms with Crippen molar-refractivity contribution >= 4 is 46.0 Å². The van der Waals surface area contributed by atoms with E-state index in [-0.39, 0.29) is 35.2 Å². The third-order valence-corrected chi connectivity index (χ3v) is 8.92. The van der Waals surface area contributed by atoms with Crippen LogP contribution >= 0.6 is 0 Å². The lowest BCUT2D eigenvalue weighted by Crippen LogP contribution is -2.49. The fourth-order valence-corrected chi connectivity index (χ4v) is 6.14. The number of rotatable bonds is 12. The Morgan fingerprint density at radius 2 is 1.60 bits per heavy atom. The number of aromatic nitrogens is 1. The van der Waals surface area contributed by atoms with Crippen molar-refractivity contribution in [3.8, 4) is 17.2 Å². The predicted octanol–water partition coefficient (Wildman–Crippen LogP) is 4.86. The monoisotopic (exact) mass is 684 g/mol. The number of hydrogen-bond donors (Lipinski definition) is 2. The highest BCUT2D eigenvalue weighted by atomic mass is 19.1. The normalized spacial score (nSPS) is 14.9. The van der Waals surface area contributed by atoms with E-state index in [2.05, 4.69) is 5.32 Å². The summed E-state index contributed by atoms with van der Waals surface area (Å²) in [5.74, 6) is -0.972. The highest BCUT2D eigenvalue weighted by molar-refractivity contribution is 6.07. The molecule has 1 saturated heterocycles. The van der Waals surface area contributed by atoms with Crippen molar-refractivity contribution < 1.29 is 38.1 Å². The second kappa shape index (κ2) is 14.4. The number of ketones is 1. The Morgan fingerprint density at radius 1 is 0.940 bits per heavy atom. The van der Waals surface area contributed by atoms with Crippen LogP contribution in [-0.4, -0.2) is 86.3 Å². The molecular weight excluding hydrogens is 647 g/mol.